The average Bonchev–Trinajstić information content (AvgIpc) is 2.86. The monoisotopic (exact) mass is 384 g/mol. The molecule has 2 aromatic heterocycles. The number of nitrogens with zero attached hydrogens (tertiary/aromatic N) is 4. The molecule has 0 spiro atoms. The van der Waals surface area contributed by atoms with Crippen LogP contribution >= 0.6 is 0 Å². The molecule has 3 N–H and O–H groups in total. The highest BCUT2D eigenvalue weighted by Crippen LogP contribution is 2.20. The summed E-state index contributed by atoms with van der Waals surface area (Å²) in [5, 5.41) is 27.5. The van der Waals surface area contributed by atoms with E-state index in [1.165, 1.54) is 21.1 Å². The number of carbonyl (C=O) groups is 3. The van der Waals surface area contributed by atoms with Gasteiger partial charge in [-0.1, -0.05) is 0 Å². The molecule has 0 aromatic carbocycles. The van der Waals surface area contributed by atoms with Gasteiger partial charge in [-0.25, -0.2) is 9.59 Å². The number of rotatable bonds is 6. The largest absolute Gasteiger partial charge is 0.481 e. The first-order valence-electron chi connectivity index (χ1n) is 7.39. The number of esters is 1. The van der Waals surface area contributed by atoms with Crippen molar-refractivity contribution < 1.29 is 34.4 Å². The van der Waals surface area contributed by atoms with Crippen LogP contribution in [-0.2, 0) is 35.5 Å². The predicted molar refractivity (Wildman–Crippen MR) is 86.3 cm³/mol. The van der Waals surface area contributed by atoms with Crippen LogP contribution in [0.25, 0.3) is 11.2 Å². The molecule has 2 rings (SSSR count). The van der Waals surface area contributed by atoms with Gasteiger partial charge < -0.3 is 20.1 Å². The van der Waals surface area contributed by atoms with E-state index in [4.69, 9.17) is 14.9 Å². The van der Waals surface area contributed by atoms with E-state index in [0.29, 0.717) is 0 Å². The number of carboxylic acid groups (broad SMARTS) is 2. The lowest BCUT2D eigenvalue weighted by Gasteiger charge is -2.19. The van der Waals surface area contributed by atoms with E-state index in [2.05, 4.69) is 4.98 Å². The molecule has 0 saturated carbocycles. The number of aryl methyl sites for hydroxylation is 2. The molecule has 1 atom stereocenters. The molecule has 1 unspecified atom stereocenters. The van der Waals surface area contributed by atoms with Gasteiger partial charge in [-0.05, 0) is 0 Å². The summed E-state index contributed by atoms with van der Waals surface area (Å²) in [6, 6.07) is -0.434. The molecule has 0 bridgehead atoms. The number of carbonyl (C=O) groups excluding carboxylic acids is 1. The van der Waals surface area contributed by atoms with E-state index in [9.17, 15) is 29.1 Å². The van der Waals surface area contributed by atoms with Gasteiger partial charge in [0, 0.05) is 21.1 Å². The van der Waals surface area contributed by atoms with Crippen LogP contribution in [0.1, 0.15) is 12.8 Å². The number of aliphatic hydroxyl groups is 1. The number of hydrogen-bond acceptors (Lipinski definition) is 8. The van der Waals surface area contributed by atoms with Gasteiger partial charge in [-0.3, -0.25) is 28.1 Å². The Balaban J connectivity index is 2.42. The van der Waals surface area contributed by atoms with Crippen LogP contribution in [0.2, 0.25) is 0 Å². The van der Waals surface area contributed by atoms with Crippen molar-refractivity contribution in [2.45, 2.75) is 18.4 Å². The fourth-order valence-electron chi connectivity index (χ4n) is 2.43. The number of fused-ring (bicyclic) bond motifs is 1. The van der Waals surface area contributed by atoms with E-state index in [0.717, 1.165) is 13.7 Å². The summed E-state index contributed by atoms with van der Waals surface area (Å²) in [7, 11) is 3.92. The van der Waals surface area contributed by atoms with Crippen molar-refractivity contribution in [2.24, 2.45) is 21.1 Å². The van der Waals surface area contributed by atoms with Crippen LogP contribution in [0.15, 0.2) is 9.59 Å². The molecule has 0 fully saturated rings. The van der Waals surface area contributed by atoms with Gasteiger partial charge >= 0.3 is 29.6 Å². The number of hydrogen-bond donors (Lipinski definition) is 3. The number of aliphatic carboxylic acids is 2. The summed E-state index contributed by atoms with van der Waals surface area (Å²) in [5.74, 6) is -4.83. The normalized spacial score (nSPS) is 13.3. The number of aromatic nitrogens is 4. The van der Waals surface area contributed by atoms with Gasteiger partial charge in [-0.2, -0.15) is 4.98 Å². The molecule has 13 nitrogen and oxygen atoms in total. The molecule has 0 saturated heterocycles. The first-order valence-corrected chi connectivity index (χ1v) is 7.39. The third-order valence-corrected chi connectivity index (χ3v) is 3.92. The van der Waals surface area contributed by atoms with E-state index >= 15 is 0 Å². The number of carboxylic acids is 2. The summed E-state index contributed by atoms with van der Waals surface area (Å²) in [6.07, 6.45) is -2.40. The minimum Gasteiger partial charge on any atom is -0.481 e. The first-order chi connectivity index (χ1) is 12.4. The SMILES string of the molecule is Cn1c(=O)c2c(nc(OC(=O)CC(O)(CC(=O)O)C(=O)O)n2C)n(C)c1=O. The molecule has 13 heteroatoms. The third-order valence-electron chi connectivity index (χ3n) is 3.92. The second kappa shape index (κ2) is 6.68. The van der Waals surface area contributed by atoms with Crippen LogP contribution < -0.4 is 16.0 Å². The summed E-state index contributed by atoms with van der Waals surface area (Å²) in [4.78, 5) is 61.8. The Morgan fingerprint density at radius 3 is 2.15 bits per heavy atom. The lowest BCUT2D eigenvalue weighted by molar-refractivity contribution is -0.169. The van der Waals surface area contributed by atoms with Crippen molar-refractivity contribution in [3.63, 3.8) is 0 Å². The fourth-order valence-corrected chi connectivity index (χ4v) is 2.43. The minimum absolute atomic E-state index is 0.0542. The molecule has 2 aromatic rings. The predicted octanol–water partition coefficient (Wildman–Crippen LogP) is -2.44. The summed E-state index contributed by atoms with van der Waals surface area (Å²) >= 11 is 0. The molecule has 27 heavy (non-hydrogen) atoms. The topological polar surface area (TPSA) is 183 Å². The number of imidazole rings is 1. The van der Waals surface area contributed by atoms with Gasteiger partial charge in [0.2, 0.25) is 0 Å². The van der Waals surface area contributed by atoms with Crippen LogP contribution in [-0.4, -0.2) is 57.5 Å². The maximum Gasteiger partial charge on any atom is 0.336 e. The molecule has 2 heterocycles. The van der Waals surface area contributed by atoms with E-state index < -0.39 is 53.6 Å². The Labute approximate surface area is 149 Å². The van der Waals surface area contributed by atoms with Gasteiger partial charge in [0.15, 0.2) is 16.8 Å². The number of ether oxygens (including phenoxy) is 1. The second-order valence-electron chi connectivity index (χ2n) is 5.89. The van der Waals surface area contributed by atoms with Gasteiger partial charge in [0.05, 0.1) is 12.8 Å². The van der Waals surface area contributed by atoms with E-state index in [1.807, 2.05) is 0 Å². The Morgan fingerprint density at radius 2 is 1.63 bits per heavy atom. The molecule has 0 aliphatic carbocycles. The van der Waals surface area contributed by atoms with Gasteiger partial charge in [0.1, 0.15) is 0 Å². The zero-order valence-corrected chi connectivity index (χ0v) is 14.5. The lowest BCUT2D eigenvalue weighted by atomic mass is 9.96. The van der Waals surface area contributed by atoms with Gasteiger partial charge in [-0.15, -0.1) is 0 Å². The highest BCUT2D eigenvalue weighted by Gasteiger charge is 2.41. The smallest absolute Gasteiger partial charge is 0.336 e. The Morgan fingerprint density at radius 1 is 1.04 bits per heavy atom. The highest BCUT2D eigenvalue weighted by molar-refractivity contribution is 5.89. The fraction of sp³-hybridized carbons (Fsp3) is 0.429. The van der Waals surface area contributed by atoms with Crippen LogP contribution in [0, 0.1) is 0 Å². The zero-order valence-electron chi connectivity index (χ0n) is 14.5. The molecule has 0 aliphatic heterocycles. The second-order valence-corrected chi connectivity index (χ2v) is 5.89. The molecular weight excluding hydrogens is 368 g/mol. The van der Waals surface area contributed by atoms with Gasteiger partial charge in [0.25, 0.3) is 5.56 Å². The van der Waals surface area contributed by atoms with E-state index in [1.54, 1.807) is 0 Å². The zero-order chi connectivity index (χ0) is 20.7. The molecule has 146 valence electrons. The maximum atomic E-state index is 12.2. The summed E-state index contributed by atoms with van der Waals surface area (Å²) in [6.45, 7) is 0. The average molecular weight is 384 g/mol. The summed E-state index contributed by atoms with van der Waals surface area (Å²) < 4.78 is 7.83. The Hall–Kier alpha value is -3.48. The molecular formula is C14H16N4O9. The Kier molecular flexibility index (Phi) is 4.91. The Bertz CT molecular complexity index is 1080. The van der Waals surface area contributed by atoms with Crippen molar-refractivity contribution >= 4 is 29.1 Å². The van der Waals surface area contributed by atoms with Crippen molar-refractivity contribution in [1.29, 1.82) is 0 Å². The van der Waals surface area contributed by atoms with Crippen molar-refractivity contribution in [1.82, 2.24) is 18.7 Å². The van der Waals surface area contributed by atoms with Crippen LogP contribution in [0.3, 0.4) is 0 Å². The molecule has 0 amide bonds. The minimum atomic E-state index is -2.88. The quantitative estimate of drug-likeness (QED) is 0.452. The van der Waals surface area contributed by atoms with E-state index in [-0.39, 0.29) is 11.2 Å². The van der Waals surface area contributed by atoms with Crippen molar-refractivity contribution in [3.8, 4) is 6.01 Å². The van der Waals surface area contributed by atoms with Crippen molar-refractivity contribution in [3.05, 3.63) is 20.8 Å². The third kappa shape index (κ3) is 3.44. The van der Waals surface area contributed by atoms with Crippen molar-refractivity contribution in [2.75, 3.05) is 0 Å². The lowest BCUT2D eigenvalue weighted by Crippen LogP contribution is -2.43. The van der Waals surface area contributed by atoms with Crippen LogP contribution in [0.5, 0.6) is 6.01 Å². The summed E-state index contributed by atoms with van der Waals surface area (Å²) in [5.41, 5.74) is -4.37. The maximum absolute atomic E-state index is 12.2. The first kappa shape index (κ1) is 19.8. The standard InChI is InChI=1S/C14H16N4O9/c1-16-8-9(17(2)13(25)18(3)10(8)22)15-12(16)27-7(21)5-14(26,11(23)24)4-6(19)20/h26H,4-5H2,1-3H3,(H,19,20)(H,23,24). The van der Waals surface area contributed by atoms with Crippen LogP contribution in [0.4, 0.5) is 0 Å². The highest BCUT2D eigenvalue weighted by atomic mass is 16.6. The molecule has 0 radical (unpaired) electrons. The molecule has 0 aliphatic rings.